The molecule has 0 aliphatic heterocycles. The summed E-state index contributed by atoms with van der Waals surface area (Å²) in [5, 5.41) is 6.08. The Balaban J connectivity index is 2.19. The van der Waals surface area contributed by atoms with Crippen LogP contribution in [0.2, 0.25) is 0 Å². The molecule has 6 nitrogen and oxygen atoms in total. The molecular formula is C15H25N5O. The summed E-state index contributed by atoms with van der Waals surface area (Å²) < 4.78 is 0. The van der Waals surface area contributed by atoms with Gasteiger partial charge in [-0.1, -0.05) is 0 Å². The highest BCUT2D eigenvalue weighted by Crippen LogP contribution is 2.39. The fourth-order valence-corrected chi connectivity index (χ4v) is 2.19. The van der Waals surface area contributed by atoms with E-state index in [4.69, 9.17) is 0 Å². The molecule has 6 heteroatoms. The maximum atomic E-state index is 11.8. The molecule has 1 fully saturated rings. The number of carbonyl (C=O) groups is 1. The lowest BCUT2D eigenvalue weighted by Crippen LogP contribution is -2.37. The Bertz CT molecular complexity index is 487. The fourth-order valence-electron chi connectivity index (χ4n) is 2.19. The van der Waals surface area contributed by atoms with E-state index >= 15 is 0 Å². The Hall–Kier alpha value is -1.85. The zero-order chi connectivity index (χ0) is 15.2. The van der Waals surface area contributed by atoms with Gasteiger partial charge in [0, 0.05) is 31.6 Å². The van der Waals surface area contributed by atoms with E-state index in [1.807, 2.05) is 31.7 Å². The molecule has 0 atom stereocenters. The van der Waals surface area contributed by atoms with Crippen molar-refractivity contribution in [3.63, 3.8) is 0 Å². The Kier molecular flexibility index (Phi) is 5.36. The second-order valence-corrected chi connectivity index (χ2v) is 5.24. The molecule has 0 radical (unpaired) electrons. The van der Waals surface area contributed by atoms with Gasteiger partial charge in [-0.2, -0.15) is 0 Å². The first-order valence-electron chi connectivity index (χ1n) is 7.82. The number of nitrogens with zero attached hydrogens (tertiary/aromatic N) is 3. The van der Waals surface area contributed by atoms with Crippen molar-refractivity contribution < 1.29 is 4.79 Å². The molecule has 0 unspecified atom stereocenters. The summed E-state index contributed by atoms with van der Waals surface area (Å²) in [6.45, 7) is 8.54. The molecule has 0 bridgehead atoms. The minimum Gasteiger partial charge on any atom is -0.370 e. The normalized spacial score (nSPS) is 13.9. The molecule has 1 aromatic rings. The van der Waals surface area contributed by atoms with Crippen LogP contribution in [-0.2, 0) is 4.79 Å². The third kappa shape index (κ3) is 4.31. The lowest BCUT2D eigenvalue weighted by atomic mass is 10.3. The van der Waals surface area contributed by atoms with Gasteiger partial charge < -0.3 is 15.5 Å². The van der Waals surface area contributed by atoms with Crippen molar-refractivity contribution in [3.05, 3.63) is 11.9 Å². The largest absolute Gasteiger partial charge is 0.370 e. The molecule has 1 aromatic heterocycles. The van der Waals surface area contributed by atoms with Gasteiger partial charge in [-0.3, -0.25) is 4.79 Å². The molecule has 21 heavy (non-hydrogen) atoms. The summed E-state index contributed by atoms with van der Waals surface area (Å²) in [5.41, 5.74) is 0. The third-order valence-corrected chi connectivity index (χ3v) is 3.44. The number of carbonyl (C=O) groups excluding carboxylic acids is 1. The molecule has 1 amide bonds. The molecular weight excluding hydrogens is 266 g/mol. The minimum atomic E-state index is 0.0240. The van der Waals surface area contributed by atoms with E-state index in [0.717, 1.165) is 43.4 Å². The lowest BCUT2D eigenvalue weighted by Gasteiger charge is -2.22. The van der Waals surface area contributed by atoms with Gasteiger partial charge in [0.2, 0.25) is 5.91 Å². The van der Waals surface area contributed by atoms with Crippen LogP contribution in [0, 0.1) is 0 Å². The Morgan fingerprint density at radius 1 is 1.29 bits per heavy atom. The maximum Gasteiger partial charge on any atom is 0.239 e. The summed E-state index contributed by atoms with van der Waals surface area (Å²) in [5.74, 6) is 3.09. The molecule has 116 valence electrons. The number of aromatic nitrogens is 2. The first kappa shape index (κ1) is 15.5. The van der Waals surface area contributed by atoms with Crippen molar-refractivity contribution in [2.24, 2.45) is 0 Å². The fraction of sp³-hybridized carbons (Fsp3) is 0.667. The summed E-state index contributed by atoms with van der Waals surface area (Å²) in [6.07, 6.45) is 2.33. The first-order valence-corrected chi connectivity index (χ1v) is 7.82. The van der Waals surface area contributed by atoms with Crippen LogP contribution in [0.4, 0.5) is 11.6 Å². The molecule has 2 N–H and O–H groups in total. The average Bonchev–Trinajstić information content (AvgIpc) is 3.29. The number of hydrogen-bond donors (Lipinski definition) is 2. The SMILES string of the molecule is CCNC(=O)CN(CC)c1cc(NCC)nc(C2CC2)n1. The predicted molar refractivity (Wildman–Crippen MR) is 84.7 cm³/mol. The van der Waals surface area contributed by atoms with Crippen molar-refractivity contribution in [2.75, 3.05) is 36.4 Å². The standard InChI is InChI=1S/C15H25N5O/c1-4-16-12-9-13(19-15(18-12)11-7-8-11)20(6-3)10-14(21)17-5-2/h9,11H,4-8,10H2,1-3H3,(H,17,21)(H,16,18,19). The zero-order valence-corrected chi connectivity index (χ0v) is 13.1. The van der Waals surface area contributed by atoms with Crippen molar-refractivity contribution in [1.29, 1.82) is 0 Å². The van der Waals surface area contributed by atoms with Crippen LogP contribution in [0.15, 0.2) is 6.07 Å². The second kappa shape index (κ2) is 7.24. The summed E-state index contributed by atoms with van der Waals surface area (Å²) >= 11 is 0. The van der Waals surface area contributed by atoms with Crippen molar-refractivity contribution >= 4 is 17.5 Å². The number of rotatable bonds is 8. The van der Waals surface area contributed by atoms with Gasteiger partial charge in [0.05, 0.1) is 6.54 Å². The van der Waals surface area contributed by atoms with Crippen LogP contribution in [0.25, 0.3) is 0 Å². The highest BCUT2D eigenvalue weighted by Gasteiger charge is 2.28. The van der Waals surface area contributed by atoms with E-state index < -0.39 is 0 Å². The molecule has 0 spiro atoms. The summed E-state index contributed by atoms with van der Waals surface area (Å²) in [4.78, 5) is 23.0. The van der Waals surface area contributed by atoms with Gasteiger partial charge in [0.25, 0.3) is 0 Å². The van der Waals surface area contributed by atoms with E-state index in [9.17, 15) is 4.79 Å². The number of hydrogen-bond acceptors (Lipinski definition) is 5. The predicted octanol–water partition coefficient (Wildman–Crippen LogP) is 1.75. The van der Waals surface area contributed by atoms with E-state index in [-0.39, 0.29) is 5.91 Å². The number of nitrogens with one attached hydrogen (secondary N) is 2. The Labute approximate surface area is 126 Å². The van der Waals surface area contributed by atoms with Gasteiger partial charge in [-0.15, -0.1) is 0 Å². The smallest absolute Gasteiger partial charge is 0.239 e. The summed E-state index contributed by atoms with van der Waals surface area (Å²) in [6, 6.07) is 1.93. The Morgan fingerprint density at radius 2 is 2.05 bits per heavy atom. The number of likely N-dealkylation sites (N-methyl/N-ethyl adjacent to an activating group) is 2. The van der Waals surface area contributed by atoms with E-state index in [2.05, 4.69) is 20.6 Å². The topological polar surface area (TPSA) is 70.2 Å². The van der Waals surface area contributed by atoms with Gasteiger partial charge in [0.1, 0.15) is 17.5 Å². The van der Waals surface area contributed by atoms with Crippen molar-refractivity contribution in [3.8, 4) is 0 Å². The minimum absolute atomic E-state index is 0.0240. The van der Waals surface area contributed by atoms with Gasteiger partial charge >= 0.3 is 0 Å². The van der Waals surface area contributed by atoms with Crippen LogP contribution in [-0.4, -0.2) is 42.1 Å². The molecule has 0 saturated heterocycles. The van der Waals surface area contributed by atoms with Crippen molar-refractivity contribution in [1.82, 2.24) is 15.3 Å². The molecule has 1 aliphatic carbocycles. The maximum absolute atomic E-state index is 11.8. The van der Waals surface area contributed by atoms with Gasteiger partial charge in [0.15, 0.2) is 0 Å². The molecule has 1 saturated carbocycles. The van der Waals surface area contributed by atoms with E-state index in [1.54, 1.807) is 0 Å². The summed E-state index contributed by atoms with van der Waals surface area (Å²) in [7, 11) is 0. The number of amides is 1. The van der Waals surface area contributed by atoms with E-state index in [0.29, 0.717) is 19.0 Å². The highest BCUT2D eigenvalue weighted by molar-refractivity contribution is 5.81. The van der Waals surface area contributed by atoms with Crippen LogP contribution in [0.3, 0.4) is 0 Å². The van der Waals surface area contributed by atoms with Crippen LogP contribution in [0.5, 0.6) is 0 Å². The Morgan fingerprint density at radius 3 is 2.62 bits per heavy atom. The van der Waals surface area contributed by atoms with Gasteiger partial charge in [-0.05, 0) is 33.6 Å². The van der Waals surface area contributed by atoms with Crippen LogP contribution < -0.4 is 15.5 Å². The highest BCUT2D eigenvalue weighted by atomic mass is 16.2. The quantitative estimate of drug-likeness (QED) is 0.763. The monoisotopic (exact) mass is 291 g/mol. The zero-order valence-electron chi connectivity index (χ0n) is 13.1. The van der Waals surface area contributed by atoms with Crippen LogP contribution in [0.1, 0.15) is 45.4 Å². The second-order valence-electron chi connectivity index (χ2n) is 5.24. The van der Waals surface area contributed by atoms with Gasteiger partial charge in [-0.25, -0.2) is 9.97 Å². The van der Waals surface area contributed by atoms with E-state index in [1.165, 1.54) is 0 Å². The molecule has 1 aliphatic rings. The molecule has 2 rings (SSSR count). The van der Waals surface area contributed by atoms with Crippen LogP contribution >= 0.6 is 0 Å². The lowest BCUT2D eigenvalue weighted by molar-refractivity contribution is -0.119. The first-order chi connectivity index (χ1) is 10.2. The van der Waals surface area contributed by atoms with Crippen molar-refractivity contribution in [2.45, 2.75) is 39.5 Å². The average molecular weight is 291 g/mol. The molecule has 0 aromatic carbocycles. The third-order valence-electron chi connectivity index (χ3n) is 3.44. The molecule has 1 heterocycles. The number of anilines is 2.